The number of amides is 1. The Hall–Kier alpha value is -3.86. The Morgan fingerprint density at radius 2 is 1.81 bits per heavy atom. The van der Waals surface area contributed by atoms with Crippen LogP contribution in [0.5, 0.6) is 0 Å². The van der Waals surface area contributed by atoms with Crippen LogP contribution in [0.1, 0.15) is 62.5 Å². The summed E-state index contributed by atoms with van der Waals surface area (Å²) in [6, 6.07) is 15.3. The molecule has 0 unspecified atom stereocenters. The number of carbonyl (C=O) groups excluding carboxylic acids is 1. The second-order valence-corrected chi connectivity index (χ2v) is 9.91. The summed E-state index contributed by atoms with van der Waals surface area (Å²) in [6.45, 7) is 0.417. The number of rotatable bonds is 10. The molecule has 0 spiro atoms. The Balaban J connectivity index is 1.34. The fourth-order valence-corrected chi connectivity index (χ4v) is 4.78. The van der Waals surface area contributed by atoms with Gasteiger partial charge in [-0.1, -0.05) is 44.2 Å². The molecule has 2 heterocycles. The lowest BCUT2D eigenvalue weighted by Crippen LogP contribution is -2.41. The van der Waals surface area contributed by atoms with Crippen molar-refractivity contribution >= 4 is 17.7 Å². The quantitative estimate of drug-likeness (QED) is 0.383. The summed E-state index contributed by atoms with van der Waals surface area (Å²) in [5, 5.41) is 19.0. The highest BCUT2D eigenvalue weighted by Gasteiger charge is 2.26. The fourth-order valence-electron chi connectivity index (χ4n) is 4.78. The SMILES string of the molecule is N#Cc1ccc(CNC(=O)[C@@H](CC2CCCCC2)Nc2cc(-n3cccc3)nc(NC3CC3)n2)cc1. The Bertz CT molecular complexity index is 1190. The summed E-state index contributed by atoms with van der Waals surface area (Å²) in [6.07, 6.45) is 13.0. The van der Waals surface area contributed by atoms with Crippen molar-refractivity contribution in [1.82, 2.24) is 19.9 Å². The molecular weight excluding hydrogens is 450 g/mol. The first-order valence-corrected chi connectivity index (χ1v) is 13.0. The van der Waals surface area contributed by atoms with Gasteiger partial charge in [0.1, 0.15) is 17.7 Å². The second-order valence-electron chi connectivity index (χ2n) is 9.91. The van der Waals surface area contributed by atoms with Gasteiger partial charge in [0, 0.05) is 31.0 Å². The molecule has 0 radical (unpaired) electrons. The Morgan fingerprint density at radius 3 is 2.50 bits per heavy atom. The van der Waals surface area contributed by atoms with Crippen LogP contribution >= 0.6 is 0 Å². The lowest BCUT2D eigenvalue weighted by atomic mass is 9.84. The molecule has 2 aliphatic rings. The van der Waals surface area contributed by atoms with Crippen LogP contribution in [0, 0.1) is 17.2 Å². The number of benzene rings is 1. The highest BCUT2D eigenvalue weighted by molar-refractivity contribution is 5.84. The van der Waals surface area contributed by atoms with Crippen LogP contribution in [0.15, 0.2) is 54.9 Å². The Kier molecular flexibility index (Phi) is 7.46. The molecule has 2 saturated carbocycles. The van der Waals surface area contributed by atoms with E-state index in [4.69, 9.17) is 15.2 Å². The molecular formula is C28H33N7O. The second kappa shape index (κ2) is 11.3. The van der Waals surface area contributed by atoms with Gasteiger partial charge >= 0.3 is 0 Å². The minimum absolute atomic E-state index is 0.0391. The van der Waals surface area contributed by atoms with Gasteiger partial charge in [-0.25, -0.2) is 0 Å². The number of nitriles is 1. The van der Waals surface area contributed by atoms with Crippen LogP contribution in [-0.2, 0) is 11.3 Å². The number of hydrogen-bond acceptors (Lipinski definition) is 6. The molecule has 0 saturated heterocycles. The average molecular weight is 484 g/mol. The van der Waals surface area contributed by atoms with Crippen molar-refractivity contribution in [2.75, 3.05) is 10.6 Å². The number of hydrogen-bond donors (Lipinski definition) is 3. The van der Waals surface area contributed by atoms with E-state index in [-0.39, 0.29) is 5.91 Å². The maximum absolute atomic E-state index is 13.4. The van der Waals surface area contributed by atoms with E-state index in [0.29, 0.717) is 35.8 Å². The minimum Gasteiger partial charge on any atom is -0.358 e. The highest BCUT2D eigenvalue weighted by Crippen LogP contribution is 2.29. The van der Waals surface area contributed by atoms with Gasteiger partial charge in [-0.05, 0) is 55.0 Å². The molecule has 0 bridgehead atoms. The van der Waals surface area contributed by atoms with Crippen molar-refractivity contribution in [3.63, 3.8) is 0 Å². The van der Waals surface area contributed by atoms with E-state index in [1.807, 2.05) is 47.3 Å². The van der Waals surface area contributed by atoms with E-state index >= 15 is 0 Å². The first-order chi connectivity index (χ1) is 17.7. The van der Waals surface area contributed by atoms with Gasteiger partial charge in [-0.3, -0.25) is 4.79 Å². The number of nitrogens with one attached hydrogen (secondary N) is 3. The third-order valence-electron chi connectivity index (χ3n) is 6.97. The summed E-state index contributed by atoms with van der Waals surface area (Å²) in [7, 11) is 0. The van der Waals surface area contributed by atoms with E-state index in [1.165, 1.54) is 19.3 Å². The zero-order chi connectivity index (χ0) is 24.7. The van der Waals surface area contributed by atoms with Crippen LogP contribution in [0.25, 0.3) is 5.82 Å². The van der Waals surface area contributed by atoms with E-state index in [2.05, 4.69) is 22.0 Å². The summed E-state index contributed by atoms with van der Waals surface area (Å²) < 4.78 is 1.95. The number of nitrogens with zero attached hydrogens (tertiary/aromatic N) is 4. The van der Waals surface area contributed by atoms with E-state index in [0.717, 1.165) is 43.5 Å². The van der Waals surface area contributed by atoms with Crippen molar-refractivity contribution in [2.24, 2.45) is 5.92 Å². The third kappa shape index (κ3) is 6.42. The fraction of sp³-hybridized carbons (Fsp3) is 0.429. The van der Waals surface area contributed by atoms with E-state index < -0.39 is 6.04 Å². The predicted octanol–water partition coefficient (Wildman–Crippen LogP) is 4.78. The summed E-state index contributed by atoms with van der Waals surface area (Å²) in [4.78, 5) is 22.8. The average Bonchev–Trinajstić information content (AvgIpc) is 3.54. The molecule has 8 nitrogen and oxygen atoms in total. The van der Waals surface area contributed by atoms with Crippen LogP contribution in [0.4, 0.5) is 11.8 Å². The molecule has 186 valence electrons. The van der Waals surface area contributed by atoms with Gasteiger partial charge in [-0.15, -0.1) is 0 Å². The first-order valence-electron chi connectivity index (χ1n) is 13.0. The smallest absolute Gasteiger partial charge is 0.242 e. The molecule has 36 heavy (non-hydrogen) atoms. The molecule has 2 aromatic heterocycles. The van der Waals surface area contributed by atoms with Gasteiger partial charge in [0.15, 0.2) is 0 Å². The van der Waals surface area contributed by atoms with Crippen LogP contribution in [0.2, 0.25) is 0 Å². The number of anilines is 2. The Morgan fingerprint density at radius 1 is 1.06 bits per heavy atom. The molecule has 2 fully saturated rings. The zero-order valence-corrected chi connectivity index (χ0v) is 20.5. The van der Waals surface area contributed by atoms with E-state index in [9.17, 15) is 4.79 Å². The summed E-state index contributed by atoms with van der Waals surface area (Å²) in [5.41, 5.74) is 1.58. The number of aromatic nitrogens is 3. The minimum atomic E-state index is -0.396. The van der Waals surface area contributed by atoms with Gasteiger partial charge in [0.25, 0.3) is 0 Å². The maximum atomic E-state index is 13.4. The number of carbonyl (C=O) groups is 1. The molecule has 1 atom stereocenters. The van der Waals surface area contributed by atoms with Crippen molar-refractivity contribution in [3.05, 3.63) is 66.0 Å². The predicted molar refractivity (Wildman–Crippen MR) is 140 cm³/mol. The molecule has 2 aliphatic carbocycles. The van der Waals surface area contributed by atoms with Crippen molar-refractivity contribution in [3.8, 4) is 11.9 Å². The molecule has 3 aromatic rings. The Labute approximate surface area is 212 Å². The molecule has 1 aromatic carbocycles. The lowest BCUT2D eigenvalue weighted by Gasteiger charge is -2.27. The monoisotopic (exact) mass is 483 g/mol. The third-order valence-corrected chi connectivity index (χ3v) is 6.97. The lowest BCUT2D eigenvalue weighted by molar-refractivity contribution is -0.122. The summed E-state index contributed by atoms with van der Waals surface area (Å²) >= 11 is 0. The largest absolute Gasteiger partial charge is 0.358 e. The first kappa shape index (κ1) is 23.9. The standard InChI is InChI=1S/C28H33N7O/c29-18-21-8-10-22(11-9-21)19-30-27(36)24(16-20-6-2-1-3-7-20)32-25-17-26(35-14-4-5-15-35)34-28(33-25)31-23-12-13-23/h4-5,8-11,14-15,17,20,23-24H,1-3,6-7,12-13,16,19H2,(H,30,36)(H2,31,32,33,34)/t24-/m1/s1. The zero-order valence-electron chi connectivity index (χ0n) is 20.5. The van der Waals surface area contributed by atoms with Crippen LogP contribution in [0.3, 0.4) is 0 Å². The molecule has 5 rings (SSSR count). The summed E-state index contributed by atoms with van der Waals surface area (Å²) in [5.74, 6) is 2.47. The van der Waals surface area contributed by atoms with Gasteiger partial charge in [0.05, 0.1) is 11.6 Å². The van der Waals surface area contributed by atoms with Crippen molar-refractivity contribution in [1.29, 1.82) is 5.26 Å². The van der Waals surface area contributed by atoms with Crippen molar-refractivity contribution in [2.45, 2.75) is 70.0 Å². The molecule has 1 amide bonds. The highest BCUT2D eigenvalue weighted by atomic mass is 16.2. The maximum Gasteiger partial charge on any atom is 0.242 e. The van der Waals surface area contributed by atoms with Crippen molar-refractivity contribution < 1.29 is 4.79 Å². The van der Waals surface area contributed by atoms with Gasteiger partial charge in [0.2, 0.25) is 11.9 Å². The molecule has 0 aliphatic heterocycles. The van der Waals surface area contributed by atoms with Crippen LogP contribution in [-0.4, -0.2) is 32.5 Å². The van der Waals surface area contributed by atoms with Gasteiger partial charge in [-0.2, -0.15) is 15.2 Å². The topological polar surface area (TPSA) is 108 Å². The molecule has 3 N–H and O–H groups in total. The van der Waals surface area contributed by atoms with E-state index in [1.54, 1.807) is 12.1 Å². The van der Waals surface area contributed by atoms with Crippen LogP contribution < -0.4 is 16.0 Å². The van der Waals surface area contributed by atoms with Gasteiger partial charge < -0.3 is 20.5 Å². The molecule has 8 heteroatoms. The normalized spacial score (nSPS) is 16.6.